The molecule has 0 aliphatic rings. The van der Waals surface area contributed by atoms with Gasteiger partial charge >= 0.3 is 5.97 Å². The molecule has 0 heterocycles. The standard InChI is InChI=1S/C29H58O2/c1-5-8-10-12-14-16-18-20-22-25-29(4,28(30)31)26-27(23-7-3)24-21-19-17-15-13-11-9-6-2/h27H,5-26H2,1-4H3,(H,30,31). The van der Waals surface area contributed by atoms with Crippen molar-refractivity contribution in [2.24, 2.45) is 11.3 Å². The van der Waals surface area contributed by atoms with Crippen LogP contribution in [0.15, 0.2) is 0 Å². The Hall–Kier alpha value is -0.530. The van der Waals surface area contributed by atoms with Gasteiger partial charge in [-0.05, 0) is 25.7 Å². The maximum atomic E-state index is 12.1. The van der Waals surface area contributed by atoms with Crippen LogP contribution in [0, 0.1) is 11.3 Å². The smallest absolute Gasteiger partial charge is 0.309 e. The average molecular weight is 439 g/mol. The second-order valence-corrected chi connectivity index (χ2v) is 10.6. The molecule has 0 spiro atoms. The van der Waals surface area contributed by atoms with Crippen LogP contribution in [0.1, 0.15) is 169 Å². The van der Waals surface area contributed by atoms with Gasteiger partial charge in [-0.15, -0.1) is 0 Å². The van der Waals surface area contributed by atoms with Crippen LogP contribution in [-0.4, -0.2) is 11.1 Å². The van der Waals surface area contributed by atoms with E-state index in [4.69, 9.17) is 0 Å². The van der Waals surface area contributed by atoms with E-state index < -0.39 is 11.4 Å². The highest BCUT2D eigenvalue weighted by Crippen LogP contribution is 2.36. The third-order valence-electron chi connectivity index (χ3n) is 7.25. The molecule has 2 unspecified atom stereocenters. The van der Waals surface area contributed by atoms with E-state index in [2.05, 4.69) is 20.8 Å². The Morgan fingerprint density at radius 2 is 1.03 bits per heavy atom. The summed E-state index contributed by atoms with van der Waals surface area (Å²) in [6.45, 7) is 8.81. The molecule has 2 nitrogen and oxygen atoms in total. The van der Waals surface area contributed by atoms with Crippen molar-refractivity contribution in [1.29, 1.82) is 0 Å². The normalized spacial score (nSPS) is 14.5. The van der Waals surface area contributed by atoms with Crippen LogP contribution in [0.5, 0.6) is 0 Å². The molecule has 0 aliphatic carbocycles. The second kappa shape index (κ2) is 21.3. The van der Waals surface area contributed by atoms with Gasteiger partial charge in [0.2, 0.25) is 0 Å². The van der Waals surface area contributed by atoms with E-state index in [0.29, 0.717) is 5.92 Å². The summed E-state index contributed by atoms with van der Waals surface area (Å²) in [7, 11) is 0. The number of rotatable bonds is 24. The van der Waals surface area contributed by atoms with Crippen molar-refractivity contribution in [3.63, 3.8) is 0 Å². The molecule has 0 saturated heterocycles. The van der Waals surface area contributed by atoms with Crippen LogP contribution in [0.3, 0.4) is 0 Å². The molecule has 0 aromatic heterocycles. The third kappa shape index (κ3) is 17.7. The van der Waals surface area contributed by atoms with E-state index in [9.17, 15) is 9.90 Å². The molecular weight excluding hydrogens is 380 g/mol. The van der Waals surface area contributed by atoms with Crippen LogP contribution in [0.2, 0.25) is 0 Å². The van der Waals surface area contributed by atoms with Gasteiger partial charge in [0.1, 0.15) is 0 Å². The predicted octanol–water partition coefficient (Wildman–Crippen LogP) is 10.3. The Morgan fingerprint density at radius 1 is 0.613 bits per heavy atom. The maximum absolute atomic E-state index is 12.1. The maximum Gasteiger partial charge on any atom is 0.309 e. The highest BCUT2D eigenvalue weighted by Gasteiger charge is 2.34. The first-order valence-electron chi connectivity index (χ1n) is 14.2. The topological polar surface area (TPSA) is 37.3 Å². The number of aliphatic carboxylic acids is 1. The molecule has 0 rings (SSSR count). The summed E-state index contributed by atoms with van der Waals surface area (Å²) in [6.07, 6.45) is 27.8. The van der Waals surface area contributed by atoms with Crippen LogP contribution in [0.4, 0.5) is 0 Å². The van der Waals surface area contributed by atoms with Gasteiger partial charge in [0.15, 0.2) is 0 Å². The van der Waals surface area contributed by atoms with Gasteiger partial charge in [0.05, 0.1) is 5.41 Å². The van der Waals surface area contributed by atoms with Gasteiger partial charge in [-0.3, -0.25) is 4.79 Å². The molecule has 0 aromatic rings. The Bertz CT molecular complexity index is 392. The van der Waals surface area contributed by atoms with Gasteiger partial charge in [0.25, 0.3) is 0 Å². The summed E-state index contributed by atoms with van der Waals surface area (Å²) in [5.74, 6) is 0.0221. The quantitative estimate of drug-likeness (QED) is 0.152. The zero-order valence-electron chi connectivity index (χ0n) is 22.0. The first kappa shape index (κ1) is 30.5. The molecule has 186 valence electrons. The monoisotopic (exact) mass is 438 g/mol. The molecule has 31 heavy (non-hydrogen) atoms. The fraction of sp³-hybridized carbons (Fsp3) is 0.966. The zero-order valence-corrected chi connectivity index (χ0v) is 22.0. The molecule has 2 atom stereocenters. The van der Waals surface area contributed by atoms with Crippen LogP contribution in [-0.2, 0) is 4.79 Å². The lowest BCUT2D eigenvalue weighted by molar-refractivity contribution is -0.149. The van der Waals surface area contributed by atoms with Gasteiger partial charge in [-0.1, -0.05) is 149 Å². The van der Waals surface area contributed by atoms with E-state index in [-0.39, 0.29) is 0 Å². The SMILES string of the molecule is CCCCCCCCCCCC(C)(CC(CCC)CCCCCCCCCC)C(=O)O. The minimum atomic E-state index is -0.566. The van der Waals surface area contributed by atoms with Crippen molar-refractivity contribution >= 4 is 5.97 Å². The summed E-state index contributed by atoms with van der Waals surface area (Å²) in [5.41, 5.74) is -0.527. The summed E-state index contributed by atoms with van der Waals surface area (Å²) < 4.78 is 0. The molecule has 0 amide bonds. The van der Waals surface area contributed by atoms with Gasteiger partial charge in [0, 0.05) is 0 Å². The highest BCUT2D eigenvalue weighted by molar-refractivity contribution is 5.74. The van der Waals surface area contributed by atoms with Crippen molar-refractivity contribution < 1.29 is 9.90 Å². The summed E-state index contributed by atoms with van der Waals surface area (Å²) in [6, 6.07) is 0. The molecule has 0 aromatic carbocycles. The number of carbonyl (C=O) groups is 1. The van der Waals surface area contributed by atoms with Gasteiger partial charge in [-0.25, -0.2) is 0 Å². The Balaban J connectivity index is 4.16. The third-order valence-corrected chi connectivity index (χ3v) is 7.25. The van der Waals surface area contributed by atoms with Crippen molar-refractivity contribution in [3.8, 4) is 0 Å². The highest BCUT2D eigenvalue weighted by atomic mass is 16.4. The Kier molecular flexibility index (Phi) is 21.0. The van der Waals surface area contributed by atoms with Crippen molar-refractivity contribution in [3.05, 3.63) is 0 Å². The Labute approximate surface area is 196 Å². The molecule has 0 aliphatic heterocycles. The number of carboxylic acid groups (broad SMARTS) is 1. The molecule has 0 saturated carbocycles. The number of hydrogen-bond acceptors (Lipinski definition) is 1. The lowest BCUT2D eigenvalue weighted by Gasteiger charge is -2.30. The summed E-state index contributed by atoms with van der Waals surface area (Å²) in [5, 5.41) is 9.99. The van der Waals surface area contributed by atoms with Crippen molar-refractivity contribution in [2.75, 3.05) is 0 Å². The first-order chi connectivity index (χ1) is 15.0. The van der Waals surface area contributed by atoms with E-state index in [1.54, 1.807) is 0 Å². The van der Waals surface area contributed by atoms with E-state index in [0.717, 1.165) is 19.3 Å². The zero-order chi connectivity index (χ0) is 23.2. The van der Waals surface area contributed by atoms with Crippen molar-refractivity contribution in [2.45, 2.75) is 169 Å². The second-order valence-electron chi connectivity index (χ2n) is 10.6. The van der Waals surface area contributed by atoms with E-state index in [1.165, 1.54) is 122 Å². The largest absolute Gasteiger partial charge is 0.481 e. The lowest BCUT2D eigenvalue weighted by atomic mass is 9.74. The van der Waals surface area contributed by atoms with E-state index >= 15 is 0 Å². The summed E-state index contributed by atoms with van der Waals surface area (Å²) in [4.78, 5) is 12.1. The van der Waals surface area contributed by atoms with Gasteiger partial charge < -0.3 is 5.11 Å². The molecule has 0 radical (unpaired) electrons. The minimum absolute atomic E-state index is 0.527. The number of unbranched alkanes of at least 4 members (excludes halogenated alkanes) is 15. The molecule has 0 bridgehead atoms. The van der Waals surface area contributed by atoms with Crippen LogP contribution in [0.25, 0.3) is 0 Å². The first-order valence-corrected chi connectivity index (χ1v) is 14.2. The molecule has 1 N–H and O–H groups in total. The fourth-order valence-electron chi connectivity index (χ4n) is 5.08. The minimum Gasteiger partial charge on any atom is -0.481 e. The van der Waals surface area contributed by atoms with Gasteiger partial charge in [-0.2, -0.15) is 0 Å². The predicted molar refractivity (Wildman–Crippen MR) is 138 cm³/mol. The molecule has 0 fully saturated rings. The van der Waals surface area contributed by atoms with Crippen molar-refractivity contribution in [1.82, 2.24) is 0 Å². The fourth-order valence-corrected chi connectivity index (χ4v) is 5.08. The van der Waals surface area contributed by atoms with Crippen LogP contribution < -0.4 is 0 Å². The number of hydrogen-bond donors (Lipinski definition) is 1. The number of carboxylic acids is 1. The Morgan fingerprint density at radius 3 is 1.45 bits per heavy atom. The molecular formula is C29H58O2. The molecule has 2 heteroatoms. The van der Waals surface area contributed by atoms with Crippen LogP contribution >= 0.6 is 0 Å². The summed E-state index contributed by atoms with van der Waals surface area (Å²) >= 11 is 0. The van der Waals surface area contributed by atoms with E-state index in [1.807, 2.05) is 6.92 Å². The average Bonchev–Trinajstić information content (AvgIpc) is 2.74. The lowest BCUT2D eigenvalue weighted by Crippen LogP contribution is -2.30.